The van der Waals surface area contributed by atoms with E-state index in [4.69, 9.17) is 4.74 Å². The topological polar surface area (TPSA) is 79.0 Å². The van der Waals surface area contributed by atoms with Crippen molar-refractivity contribution >= 4 is 33.7 Å². The molecule has 25 heavy (non-hydrogen) atoms. The summed E-state index contributed by atoms with van der Waals surface area (Å²) in [5, 5.41) is 9.60. The van der Waals surface area contributed by atoms with Crippen LogP contribution in [0.3, 0.4) is 0 Å². The van der Waals surface area contributed by atoms with E-state index in [0.29, 0.717) is 10.8 Å². The van der Waals surface area contributed by atoms with Crippen LogP contribution >= 0.6 is 0 Å². The quantitative estimate of drug-likeness (QED) is 0.415. The van der Waals surface area contributed by atoms with Crippen LogP contribution in [0.25, 0.3) is 21.8 Å². The van der Waals surface area contributed by atoms with E-state index in [0.717, 1.165) is 11.0 Å². The smallest absolute Gasteiger partial charge is 0.367 e. The zero-order chi connectivity index (χ0) is 17.6. The van der Waals surface area contributed by atoms with E-state index < -0.39 is 11.9 Å². The molecule has 7 heteroatoms. The van der Waals surface area contributed by atoms with Gasteiger partial charge < -0.3 is 4.74 Å². The van der Waals surface area contributed by atoms with Gasteiger partial charge in [-0.05, 0) is 12.1 Å². The number of para-hydroxylation sites is 2. The molecule has 0 aliphatic carbocycles. The molecule has 0 spiro atoms. The fourth-order valence-electron chi connectivity index (χ4n) is 2.91. The van der Waals surface area contributed by atoms with Crippen LogP contribution in [0.15, 0.2) is 48.5 Å². The van der Waals surface area contributed by atoms with Gasteiger partial charge in [0.2, 0.25) is 0 Å². The summed E-state index contributed by atoms with van der Waals surface area (Å²) in [6, 6.07) is 14.5. The average molecular weight is 334 g/mol. The van der Waals surface area contributed by atoms with Gasteiger partial charge in [0.25, 0.3) is 0 Å². The molecular formula is C18H14N4O3. The van der Waals surface area contributed by atoms with Crippen LogP contribution in [0.2, 0.25) is 0 Å². The van der Waals surface area contributed by atoms with E-state index in [1.807, 2.05) is 24.3 Å². The third-order valence-electron chi connectivity index (χ3n) is 4.09. The lowest BCUT2D eigenvalue weighted by atomic mass is 10.2. The van der Waals surface area contributed by atoms with Crippen LogP contribution in [0, 0.1) is 0 Å². The standard InChI is InChI=1S/C18H14N4O3/c1-21-13-9-5-3-7-11(13)15(19-21)17(23)25-18(24)16-12-8-4-6-10-14(12)22(2)20-16/h3-10H,1-2H3. The molecule has 0 radical (unpaired) electrons. The summed E-state index contributed by atoms with van der Waals surface area (Å²) in [7, 11) is 3.46. The Balaban J connectivity index is 1.69. The SMILES string of the molecule is Cn1nc(C(=O)OC(=O)c2nn(C)c3ccccc23)c2ccccc21. The molecule has 0 fully saturated rings. The van der Waals surface area contributed by atoms with Crippen LogP contribution in [-0.4, -0.2) is 31.5 Å². The Bertz CT molecular complexity index is 1050. The van der Waals surface area contributed by atoms with Gasteiger partial charge in [0.1, 0.15) is 0 Å². The maximum absolute atomic E-state index is 12.4. The number of aromatic nitrogens is 4. The molecule has 2 heterocycles. The molecule has 0 aliphatic rings. The Hall–Kier alpha value is -3.48. The lowest BCUT2D eigenvalue weighted by Crippen LogP contribution is -2.15. The molecule has 0 aliphatic heterocycles. The molecule has 0 unspecified atom stereocenters. The zero-order valence-electron chi connectivity index (χ0n) is 13.6. The fraction of sp³-hybridized carbons (Fsp3) is 0.111. The number of hydrogen-bond donors (Lipinski definition) is 0. The largest absolute Gasteiger partial charge is 0.383 e. The number of rotatable bonds is 2. The Morgan fingerprint density at radius 3 is 1.60 bits per heavy atom. The van der Waals surface area contributed by atoms with Crippen molar-refractivity contribution in [3.05, 3.63) is 59.9 Å². The summed E-state index contributed by atoms with van der Waals surface area (Å²) in [5.41, 5.74) is 1.77. The van der Waals surface area contributed by atoms with Crippen molar-refractivity contribution < 1.29 is 14.3 Å². The molecule has 2 aromatic carbocycles. The molecule has 0 N–H and O–H groups in total. The molecule has 0 saturated carbocycles. The molecule has 0 bridgehead atoms. The fourth-order valence-corrected chi connectivity index (χ4v) is 2.91. The second kappa shape index (κ2) is 5.55. The number of nitrogens with zero attached hydrogens (tertiary/aromatic N) is 4. The van der Waals surface area contributed by atoms with Gasteiger partial charge in [-0.15, -0.1) is 0 Å². The maximum atomic E-state index is 12.4. The number of ether oxygens (including phenoxy) is 1. The third kappa shape index (κ3) is 2.37. The summed E-state index contributed by atoms with van der Waals surface area (Å²) in [6.45, 7) is 0. The summed E-state index contributed by atoms with van der Waals surface area (Å²) in [5.74, 6) is -1.59. The second-order valence-corrected chi connectivity index (χ2v) is 5.66. The summed E-state index contributed by atoms with van der Waals surface area (Å²) in [6.07, 6.45) is 0. The monoisotopic (exact) mass is 334 g/mol. The first-order valence-corrected chi connectivity index (χ1v) is 7.66. The first-order valence-electron chi connectivity index (χ1n) is 7.66. The molecule has 0 amide bonds. The van der Waals surface area contributed by atoms with Crippen molar-refractivity contribution in [2.75, 3.05) is 0 Å². The number of fused-ring (bicyclic) bond motifs is 2. The predicted octanol–water partition coefficient (Wildman–Crippen LogP) is 2.46. The number of benzene rings is 2. The van der Waals surface area contributed by atoms with Crippen molar-refractivity contribution in [3.63, 3.8) is 0 Å². The van der Waals surface area contributed by atoms with Crippen molar-refractivity contribution in [3.8, 4) is 0 Å². The molecule has 2 aromatic heterocycles. The Kier molecular flexibility index (Phi) is 3.35. The molecule has 4 aromatic rings. The number of hydrogen-bond acceptors (Lipinski definition) is 5. The minimum atomic E-state index is -0.795. The van der Waals surface area contributed by atoms with Crippen LogP contribution in [0.4, 0.5) is 0 Å². The second-order valence-electron chi connectivity index (χ2n) is 5.66. The van der Waals surface area contributed by atoms with Gasteiger partial charge in [0, 0.05) is 24.9 Å². The third-order valence-corrected chi connectivity index (χ3v) is 4.09. The highest BCUT2D eigenvalue weighted by atomic mass is 16.6. The predicted molar refractivity (Wildman–Crippen MR) is 91.2 cm³/mol. The first-order chi connectivity index (χ1) is 12.1. The van der Waals surface area contributed by atoms with Gasteiger partial charge in [-0.25, -0.2) is 9.59 Å². The molecule has 7 nitrogen and oxygen atoms in total. The van der Waals surface area contributed by atoms with Gasteiger partial charge in [-0.3, -0.25) is 9.36 Å². The van der Waals surface area contributed by atoms with E-state index >= 15 is 0 Å². The van der Waals surface area contributed by atoms with Crippen molar-refractivity contribution in [2.45, 2.75) is 0 Å². The van der Waals surface area contributed by atoms with E-state index in [1.165, 1.54) is 0 Å². The highest BCUT2D eigenvalue weighted by Gasteiger charge is 2.24. The zero-order valence-corrected chi connectivity index (χ0v) is 13.6. The highest BCUT2D eigenvalue weighted by Crippen LogP contribution is 2.21. The minimum absolute atomic E-state index is 0.103. The van der Waals surface area contributed by atoms with Crippen LogP contribution in [0.1, 0.15) is 21.0 Å². The Morgan fingerprint density at radius 1 is 0.760 bits per heavy atom. The van der Waals surface area contributed by atoms with E-state index in [-0.39, 0.29) is 11.4 Å². The van der Waals surface area contributed by atoms with Crippen LogP contribution in [-0.2, 0) is 18.8 Å². The molecule has 124 valence electrons. The summed E-state index contributed by atoms with van der Waals surface area (Å²) < 4.78 is 8.19. The van der Waals surface area contributed by atoms with Gasteiger partial charge in [0.15, 0.2) is 11.4 Å². The van der Waals surface area contributed by atoms with E-state index in [1.54, 1.807) is 47.7 Å². The number of esters is 2. The number of carbonyl (C=O) groups is 2. The lowest BCUT2D eigenvalue weighted by Gasteiger charge is -1.99. The summed E-state index contributed by atoms with van der Waals surface area (Å²) in [4.78, 5) is 24.9. The molecule has 0 saturated heterocycles. The van der Waals surface area contributed by atoms with Crippen molar-refractivity contribution in [1.82, 2.24) is 19.6 Å². The van der Waals surface area contributed by atoms with Gasteiger partial charge in [-0.2, -0.15) is 10.2 Å². The average Bonchev–Trinajstić information content (AvgIpc) is 3.14. The van der Waals surface area contributed by atoms with Crippen LogP contribution in [0.5, 0.6) is 0 Å². The van der Waals surface area contributed by atoms with Gasteiger partial charge >= 0.3 is 11.9 Å². The molecular weight excluding hydrogens is 320 g/mol. The number of carbonyl (C=O) groups excluding carboxylic acids is 2. The molecule has 4 rings (SSSR count). The first kappa shape index (κ1) is 15.1. The van der Waals surface area contributed by atoms with Crippen LogP contribution < -0.4 is 0 Å². The minimum Gasteiger partial charge on any atom is -0.383 e. The van der Waals surface area contributed by atoms with Gasteiger partial charge in [-0.1, -0.05) is 36.4 Å². The van der Waals surface area contributed by atoms with E-state index in [9.17, 15) is 9.59 Å². The highest BCUT2D eigenvalue weighted by molar-refractivity contribution is 6.10. The Morgan fingerprint density at radius 2 is 1.16 bits per heavy atom. The summed E-state index contributed by atoms with van der Waals surface area (Å²) >= 11 is 0. The van der Waals surface area contributed by atoms with E-state index in [2.05, 4.69) is 10.2 Å². The normalized spacial score (nSPS) is 11.1. The van der Waals surface area contributed by atoms with Gasteiger partial charge in [0.05, 0.1) is 11.0 Å². The van der Waals surface area contributed by atoms with Crippen molar-refractivity contribution in [1.29, 1.82) is 0 Å². The maximum Gasteiger partial charge on any atom is 0.367 e. The molecule has 0 atom stereocenters. The lowest BCUT2D eigenvalue weighted by molar-refractivity contribution is 0.0391. The Labute approximate surface area is 142 Å². The number of aryl methyl sites for hydroxylation is 2. The van der Waals surface area contributed by atoms with Crippen molar-refractivity contribution in [2.24, 2.45) is 14.1 Å².